The minimum Gasteiger partial charge on any atom is -0.469 e. The molecule has 0 saturated heterocycles. The maximum Gasteiger partial charge on any atom is 0.229 e. The Balaban J connectivity index is 1.92. The van der Waals surface area contributed by atoms with Crippen LogP contribution in [0.5, 0.6) is 0 Å². The van der Waals surface area contributed by atoms with Gasteiger partial charge in [-0.2, -0.15) is 15.0 Å². The molecular formula is C10H14N6O. The molecule has 7 heteroatoms. The average Bonchev–Trinajstić information content (AvgIpc) is 2.63. The Labute approximate surface area is 98.3 Å². The molecule has 2 heterocycles. The first-order valence-corrected chi connectivity index (χ1v) is 5.19. The maximum absolute atomic E-state index is 5.45. The van der Waals surface area contributed by atoms with Crippen LogP contribution in [0.2, 0.25) is 0 Å². The molecule has 0 aromatic carbocycles. The van der Waals surface area contributed by atoms with Crippen molar-refractivity contribution in [3.05, 3.63) is 23.7 Å². The van der Waals surface area contributed by atoms with Crippen LogP contribution in [-0.2, 0) is 6.42 Å². The summed E-state index contributed by atoms with van der Waals surface area (Å²) in [7, 11) is 0. The number of aryl methyl sites for hydroxylation is 1. The Kier molecular flexibility index (Phi) is 3.08. The molecule has 0 aliphatic rings. The van der Waals surface area contributed by atoms with Gasteiger partial charge in [-0.05, 0) is 25.0 Å². The lowest BCUT2D eigenvalue weighted by Gasteiger charge is -2.04. The van der Waals surface area contributed by atoms with Crippen LogP contribution in [0.15, 0.2) is 16.7 Å². The van der Waals surface area contributed by atoms with Gasteiger partial charge in [-0.3, -0.25) is 0 Å². The molecule has 7 nitrogen and oxygen atoms in total. The first-order valence-electron chi connectivity index (χ1n) is 5.19. The highest BCUT2D eigenvalue weighted by molar-refractivity contribution is 5.37. The van der Waals surface area contributed by atoms with E-state index in [1.54, 1.807) is 6.26 Å². The molecule has 0 radical (unpaired) electrons. The zero-order valence-electron chi connectivity index (χ0n) is 9.47. The number of hydrogen-bond donors (Lipinski definition) is 3. The van der Waals surface area contributed by atoms with E-state index in [0.29, 0.717) is 12.5 Å². The lowest BCUT2D eigenvalue weighted by atomic mass is 10.2. The van der Waals surface area contributed by atoms with Crippen LogP contribution in [0, 0.1) is 6.92 Å². The monoisotopic (exact) mass is 234 g/mol. The molecule has 0 saturated carbocycles. The van der Waals surface area contributed by atoms with Gasteiger partial charge in [0.25, 0.3) is 0 Å². The van der Waals surface area contributed by atoms with E-state index in [1.807, 2.05) is 13.0 Å². The van der Waals surface area contributed by atoms with E-state index in [0.717, 1.165) is 17.7 Å². The largest absolute Gasteiger partial charge is 0.469 e. The molecular weight excluding hydrogens is 220 g/mol. The van der Waals surface area contributed by atoms with E-state index in [4.69, 9.17) is 15.9 Å². The molecule has 0 bridgehead atoms. The molecule has 0 amide bonds. The number of anilines is 3. The average molecular weight is 234 g/mol. The van der Waals surface area contributed by atoms with Crippen LogP contribution in [0.25, 0.3) is 0 Å². The predicted octanol–water partition coefficient (Wildman–Crippen LogP) is 0.592. The van der Waals surface area contributed by atoms with Crippen molar-refractivity contribution in [2.24, 2.45) is 0 Å². The van der Waals surface area contributed by atoms with Gasteiger partial charge in [-0.1, -0.05) is 0 Å². The SMILES string of the molecule is Cc1occc1CCNc1nc(N)nc(N)n1. The summed E-state index contributed by atoms with van der Waals surface area (Å²) >= 11 is 0. The normalized spacial score (nSPS) is 10.4. The number of furan rings is 1. The summed E-state index contributed by atoms with van der Waals surface area (Å²) in [5, 5.41) is 3.03. The minimum absolute atomic E-state index is 0.111. The first-order chi connectivity index (χ1) is 8.15. The van der Waals surface area contributed by atoms with Crippen LogP contribution in [-0.4, -0.2) is 21.5 Å². The summed E-state index contributed by atoms with van der Waals surface area (Å²) in [4.78, 5) is 11.5. The van der Waals surface area contributed by atoms with Gasteiger partial charge >= 0.3 is 0 Å². The molecule has 0 spiro atoms. The fourth-order valence-corrected chi connectivity index (χ4v) is 1.47. The standard InChI is InChI=1S/C10H14N6O/c1-6-7(3-5-17-6)2-4-13-10-15-8(11)14-9(12)16-10/h3,5H,2,4H2,1H3,(H5,11,12,13,14,15,16). The molecule has 0 fully saturated rings. The van der Waals surface area contributed by atoms with E-state index in [1.165, 1.54) is 0 Å². The van der Waals surface area contributed by atoms with Gasteiger partial charge in [0, 0.05) is 6.54 Å². The van der Waals surface area contributed by atoms with Crippen LogP contribution in [0.4, 0.5) is 17.8 Å². The van der Waals surface area contributed by atoms with Gasteiger partial charge in [0.1, 0.15) is 5.76 Å². The molecule has 2 aromatic rings. The molecule has 0 atom stereocenters. The van der Waals surface area contributed by atoms with Gasteiger partial charge in [-0.25, -0.2) is 0 Å². The Morgan fingerprint density at radius 1 is 1.24 bits per heavy atom. The summed E-state index contributed by atoms with van der Waals surface area (Å²) in [5.41, 5.74) is 12.1. The molecule has 90 valence electrons. The lowest BCUT2D eigenvalue weighted by molar-refractivity contribution is 0.530. The fraction of sp³-hybridized carbons (Fsp3) is 0.300. The second-order valence-corrected chi connectivity index (χ2v) is 3.55. The molecule has 2 rings (SSSR count). The number of nitrogens with zero attached hydrogens (tertiary/aromatic N) is 3. The molecule has 0 aliphatic heterocycles. The van der Waals surface area contributed by atoms with Crippen molar-refractivity contribution in [2.75, 3.05) is 23.3 Å². The van der Waals surface area contributed by atoms with Gasteiger partial charge < -0.3 is 21.2 Å². The number of nitrogens with two attached hydrogens (primary N) is 2. The number of hydrogen-bond acceptors (Lipinski definition) is 7. The van der Waals surface area contributed by atoms with Crippen LogP contribution in [0.3, 0.4) is 0 Å². The topological polar surface area (TPSA) is 116 Å². The smallest absolute Gasteiger partial charge is 0.229 e. The number of nitrogen functional groups attached to an aromatic ring is 2. The fourth-order valence-electron chi connectivity index (χ4n) is 1.47. The van der Waals surface area contributed by atoms with Crippen molar-refractivity contribution in [3.8, 4) is 0 Å². The van der Waals surface area contributed by atoms with E-state index in [9.17, 15) is 0 Å². The summed E-state index contributed by atoms with van der Waals surface area (Å²) in [6, 6.07) is 1.94. The highest BCUT2D eigenvalue weighted by atomic mass is 16.3. The molecule has 2 aromatic heterocycles. The van der Waals surface area contributed by atoms with Gasteiger partial charge in [0.15, 0.2) is 0 Å². The van der Waals surface area contributed by atoms with Crippen molar-refractivity contribution in [1.82, 2.24) is 15.0 Å². The zero-order valence-corrected chi connectivity index (χ0v) is 9.47. The van der Waals surface area contributed by atoms with Crippen molar-refractivity contribution in [2.45, 2.75) is 13.3 Å². The van der Waals surface area contributed by atoms with Gasteiger partial charge in [0.2, 0.25) is 17.8 Å². The molecule has 0 unspecified atom stereocenters. The third-order valence-electron chi connectivity index (χ3n) is 2.31. The van der Waals surface area contributed by atoms with E-state index < -0.39 is 0 Å². The Hall–Kier alpha value is -2.31. The third kappa shape index (κ3) is 2.83. The quantitative estimate of drug-likeness (QED) is 0.708. The second-order valence-electron chi connectivity index (χ2n) is 3.55. The van der Waals surface area contributed by atoms with Crippen LogP contribution in [0.1, 0.15) is 11.3 Å². The zero-order chi connectivity index (χ0) is 12.3. The first kappa shape index (κ1) is 11.2. The van der Waals surface area contributed by atoms with E-state index >= 15 is 0 Å². The Bertz CT molecular complexity index is 489. The maximum atomic E-state index is 5.45. The summed E-state index contributed by atoms with van der Waals surface area (Å²) in [6.45, 7) is 2.59. The number of nitrogens with one attached hydrogen (secondary N) is 1. The second kappa shape index (κ2) is 4.69. The number of aromatic nitrogens is 3. The minimum atomic E-state index is 0.111. The third-order valence-corrected chi connectivity index (χ3v) is 2.31. The van der Waals surface area contributed by atoms with Crippen molar-refractivity contribution in [1.29, 1.82) is 0 Å². The van der Waals surface area contributed by atoms with Crippen LogP contribution < -0.4 is 16.8 Å². The van der Waals surface area contributed by atoms with E-state index in [-0.39, 0.29) is 11.9 Å². The van der Waals surface area contributed by atoms with Crippen molar-refractivity contribution in [3.63, 3.8) is 0 Å². The molecule has 17 heavy (non-hydrogen) atoms. The van der Waals surface area contributed by atoms with E-state index in [2.05, 4.69) is 20.3 Å². The van der Waals surface area contributed by atoms with Crippen molar-refractivity contribution < 1.29 is 4.42 Å². The summed E-state index contributed by atoms with van der Waals surface area (Å²) < 4.78 is 5.20. The van der Waals surface area contributed by atoms with Gasteiger partial charge in [-0.15, -0.1) is 0 Å². The molecule has 0 aliphatic carbocycles. The number of rotatable bonds is 4. The molecule has 5 N–H and O–H groups in total. The van der Waals surface area contributed by atoms with Gasteiger partial charge in [0.05, 0.1) is 6.26 Å². The predicted molar refractivity (Wildman–Crippen MR) is 64.3 cm³/mol. The van der Waals surface area contributed by atoms with Crippen LogP contribution >= 0.6 is 0 Å². The van der Waals surface area contributed by atoms with Crippen molar-refractivity contribution >= 4 is 17.8 Å². The summed E-state index contributed by atoms with van der Waals surface area (Å²) in [6.07, 6.45) is 2.48. The highest BCUT2D eigenvalue weighted by Gasteiger charge is 2.03. The Morgan fingerprint density at radius 2 is 1.94 bits per heavy atom. The lowest BCUT2D eigenvalue weighted by Crippen LogP contribution is -2.11. The Morgan fingerprint density at radius 3 is 2.53 bits per heavy atom. The summed E-state index contributed by atoms with van der Waals surface area (Å²) in [5.74, 6) is 1.52. The highest BCUT2D eigenvalue weighted by Crippen LogP contribution is 2.10.